The summed E-state index contributed by atoms with van der Waals surface area (Å²) in [5, 5.41) is 1.21. The summed E-state index contributed by atoms with van der Waals surface area (Å²) >= 11 is 15.1. The van der Waals surface area contributed by atoms with Gasteiger partial charge in [0.2, 0.25) is 0 Å². The van der Waals surface area contributed by atoms with E-state index in [0.29, 0.717) is 32.6 Å². The fourth-order valence-corrected chi connectivity index (χ4v) is 2.01. The lowest BCUT2D eigenvalue weighted by Gasteiger charge is -2.05. The van der Waals surface area contributed by atoms with Crippen LogP contribution in [0.3, 0.4) is 0 Å². The molecular weight excluding hydrogens is 325 g/mol. The molecule has 0 radical (unpaired) electrons. The van der Waals surface area contributed by atoms with Crippen molar-refractivity contribution >= 4 is 44.9 Å². The van der Waals surface area contributed by atoms with Crippen molar-refractivity contribution in [2.45, 2.75) is 6.42 Å². The minimum Gasteiger partial charge on any atom is -0.383 e. The minimum absolute atomic E-state index is 0.417. The van der Waals surface area contributed by atoms with Gasteiger partial charge in [-0.3, -0.25) is 0 Å². The first-order valence-electron chi connectivity index (χ1n) is 4.77. The van der Waals surface area contributed by atoms with Crippen molar-refractivity contribution in [3.63, 3.8) is 0 Å². The van der Waals surface area contributed by atoms with Crippen molar-refractivity contribution in [1.29, 1.82) is 0 Å². The van der Waals surface area contributed by atoms with Gasteiger partial charge in [-0.1, -0.05) is 29.3 Å². The van der Waals surface area contributed by atoms with E-state index < -0.39 is 0 Å². The standard InChI is InChI=1S/C11H8BrCl2N3/c12-8-5-16-10(17-11(8)15)3-6-1-2-7(13)4-9(6)14/h1-2,4-5H,3H2,(H2,15,16,17). The van der Waals surface area contributed by atoms with Gasteiger partial charge in [0.05, 0.1) is 4.47 Å². The highest BCUT2D eigenvalue weighted by Crippen LogP contribution is 2.23. The predicted octanol–water partition coefficient (Wildman–Crippen LogP) is 3.72. The van der Waals surface area contributed by atoms with E-state index in [1.54, 1.807) is 18.3 Å². The topological polar surface area (TPSA) is 51.8 Å². The Labute approximate surface area is 117 Å². The van der Waals surface area contributed by atoms with E-state index in [4.69, 9.17) is 28.9 Å². The average Bonchev–Trinajstić information content (AvgIpc) is 2.27. The number of benzene rings is 1. The van der Waals surface area contributed by atoms with Gasteiger partial charge in [-0.05, 0) is 33.6 Å². The van der Waals surface area contributed by atoms with Crippen LogP contribution in [-0.4, -0.2) is 9.97 Å². The molecule has 1 aromatic carbocycles. The molecule has 2 aromatic rings. The molecular formula is C11H8BrCl2N3. The molecule has 2 N–H and O–H groups in total. The fraction of sp³-hybridized carbons (Fsp3) is 0.0909. The lowest BCUT2D eigenvalue weighted by Crippen LogP contribution is -2.01. The van der Waals surface area contributed by atoms with Crippen LogP contribution in [0.15, 0.2) is 28.9 Å². The van der Waals surface area contributed by atoms with Crippen LogP contribution in [0, 0.1) is 0 Å². The zero-order valence-corrected chi connectivity index (χ0v) is 11.7. The van der Waals surface area contributed by atoms with Gasteiger partial charge in [0.15, 0.2) is 0 Å². The Morgan fingerprint density at radius 3 is 2.71 bits per heavy atom. The molecule has 0 bridgehead atoms. The molecule has 1 heterocycles. The van der Waals surface area contributed by atoms with Gasteiger partial charge in [0, 0.05) is 22.7 Å². The van der Waals surface area contributed by atoms with Crippen LogP contribution in [0.4, 0.5) is 5.82 Å². The van der Waals surface area contributed by atoms with Gasteiger partial charge >= 0.3 is 0 Å². The van der Waals surface area contributed by atoms with Crippen LogP contribution >= 0.6 is 39.1 Å². The van der Waals surface area contributed by atoms with Gasteiger partial charge < -0.3 is 5.73 Å². The van der Waals surface area contributed by atoms with Crippen molar-refractivity contribution in [2.24, 2.45) is 0 Å². The lowest BCUT2D eigenvalue weighted by atomic mass is 10.1. The highest BCUT2D eigenvalue weighted by atomic mass is 79.9. The van der Waals surface area contributed by atoms with Gasteiger partial charge in [-0.15, -0.1) is 0 Å². The summed E-state index contributed by atoms with van der Waals surface area (Å²) in [6, 6.07) is 5.33. The second-order valence-electron chi connectivity index (χ2n) is 3.43. The first-order chi connectivity index (χ1) is 8.06. The number of halogens is 3. The third kappa shape index (κ3) is 3.09. The Hall–Kier alpha value is -0.840. The molecule has 0 aliphatic heterocycles. The van der Waals surface area contributed by atoms with E-state index >= 15 is 0 Å². The summed E-state index contributed by atoms with van der Waals surface area (Å²) in [7, 11) is 0. The van der Waals surface area contributed by atoms with E-state index in [1.807, 2.05) is 6.07 Å². The molecule has 0 saturated heterocycles. The van der Waals surface area contributed by atoms with Gasteiger partial charge in [0.1, 0.15) is 11.6 Å². The molecule has 3 nitrogen and oxygen atoms in total. The highest BCUT2D eigenvalue weighted by molar-refractivity contribution is 9.10. The second-order valence-corrected chi connectivity index (χ2v) is 5.13. The van der Waals surface area contributed by atoms with Crippen molar-refractivity contribution in [3.05, 3.63) is 50.3 Å². The van der Waals surface area contributed by atoms with Crippen LogP contribution in [0.25, 0.3) is 0 Å². The number of nitrogens with zero attached hydrogens (tertiary/aromatic N) is 2. The maximum absolute atomic E-state index is 6.07. The van der Waals surface area contributed by atoms with Crippen molar-refractivity contribution < 1.29 is 0 Å². The number of aromatic nitrogens is 2. The van der Waals surface area contributed by atoms with Crippen molar-refractivity contribution in [2.75, 3.05) is 5.73 Å². The molecule has 0 unspecified atom stereocenters. The maximum Gasteiger partial charge on any atom is 0.141 e. The molecule has 6 heteroatoms. The number of anilines is 1. The number of rotatable bonds is 2. The van der Waals surface area contributed by atoms with Crippen LogP contribution < -0.4 is 5.73 Å². The van der Waals surface area contributed by atoms with E-state index in [2.05, 4.69) is 25.9 Å². The zero-order valence-electron chi connectivity index (χ0n) is 8.62. The third-order valence-electron chi connectivity index (χ3n) is 2.18. The Kier molecular flexibility index (Phi) is 3.86. The van der Waals surface area contributed by atoms with Gasteiger partial charge in [0.25, 0.3) is 0 Å². The third-order valence-corrected chi connectivity index (χ3v) is 3.38. The van der Waals surface area contributed by atoms with Crippen molar-refractivity contribution in [1.82, 2.24) is 9.97 Å². The summed E-state index contributed by atoms with van der Waals surface area (Å²) in [6.45, 7) is 0. The summed E-state index contributed by atoms with van der Waals surface area (Å²) in [6.07, 6.45) is 2.15. The van der Waals surface area contributed by atoms with Gasteiger partial charge in [-0.25, -0.2) is 9.97 Å². The maximum atomic E-state index is 6.07. The van der Waals surface area contributed by atoms with E-state index in [-0.39, 0.29) is 0 Å². The molecule has 0 atom stereocenters. The predicted molar refractivity (Wildman–Crippen MR) is 73.4 cm³/mol. The lowest BCUT2D eigenvalue weighted by molar-refractivity contribution is 0.968. The molecule has 88 valence electrons. The SMILES string of the molecule is Nc1nc(Cc2ccc(Cl)cc2Cl)ncc1Br. The summed E-state index contributed by atoms with van der Waals surface area (Å²) in [4.78, 5) is 8.33. The largest absolute Gasteiger partial charge is 0.383 e. The Morgan fingerprint density at radius 2 is 2.06 bits per heavy atom. The normalized spacial score (nSPS) is 10.5. The Bertz CT molecular complexity index is 560. The molecule has 0 fully saturated rings. The zero-order chi connectivity index (χ0) is 12.4. The highest BCUT2D eigenvalue weighted by Gasteiger charge is 2.06. The van der Waals surface area contributed by atoms with E-state index in [9.17, 15) is 0 Å². The fourth-order valence-electron chi connectivity index (χ4n) is 1.34. The van der Waals surface area contributed by atoms with Crippen LogP contribution in [0.2, 0.25) is 10.0 Å². The first-order valence-corrected chi connectivity index (χ1v) is 6.32. The number of nitrogen functional groups attached to an aromatic ring is 1. The van der Waals surface area contributed by atoms with Gasteiger partial charge in [-0.2, -0.15) is 0 Å². The second kappa shape index (κ2) is 5.21. The molecule has 2 rings (SSSR count). The van der Waals surface area contributed by atoms with E-state index in [0.717, 1.165) is 5.56 Å². The van der Waals surface area contributed by atoms with Crippen molar-refractivity contribution in [3.8, 4) is 0 Å². The van der Waals surface area contributed by atoms with Crippen LogP contribution in [-0.2, 0) is 6.42 Å². The quantitative estimate of drug-likeness (QED) is 0.911. The van der Waals surface area contributed by atoms with E-state index in [1.165, 1.54) is 0 Å². The number of hydrogen-bond donors (Lipinski definition) is 1. The molecule has 0 saturated carbocycles. The Balaban J connectivity index is 2.28. The molecule has 0 spiro atoms. The summed E-state index contributed by atoms with van der Waals surface area (Å²) < 4.78 is 0.684. The average molecular weight is 333 g/mol. The molecule has 17 heavy (non-hydrogen) atoms. The molecule has 1 aromatic heterocycles. The first kappa shape index (κ1) is 12.6. The molecule has 0 amide bonds. The molecule has 0 aliphatic rings. The minimum atomic E-state index is 0.417. The summed E-state index contributed by atoms with van der Waals surface area (Å²) in [5.41, 5.74) is 6.60. The smallest absolute Gasteiger partial charge is 0.141 e. The summed E-state index contributed by atoms with van der Waals surface area (Å²) in [5.74, 6) is 1.04. The number of nitrogens with two attached hydrogens (primary N) is 1. The molecule has 0 aliphatic carbocycles. The van der Waals surface area contributed by atoms with Crippen LogP contribution in [0.1, 0.15) is 11.4 Å². The van der Waals surface area contributed by atoms with Crippen LogP contribution in [0.5, 0.6) is 0 Å². The monoisotopic (exact) mass is 331 g/mol. The Morgan fingerprint density at radius 1 is 1.29 bits per heavy atom. The number of hydrogen-bond acceptors (Lipinski definition) is 3.